The predicted octanol–water partition coefficient (Wildman–Crippen LogP) is 3.43. The SMILES string of the molecule is O=C(CSc1ccccn1)NCc1cc(C(=O)c2ccccc2)ccc1O. The summed E-state index contributed by atoms with van der Waals surface area (Å²) in [6.45, 7) is 0.142. The molecule has 5 nitrogen and oxygen atoms in total. The molecular weight excluding hydrogens is 360 g/mol. The largest absolute Gasteiger partial charge is 0.508 e. The third kappa shape index (κ3) is 5.18. The molecule has 0 saturated carbocycles. The molecule has 0 unspecified atom stereocenters. The molecule has 27 heavy (non-hydrogen) atoms. The van der Waals surface area contributed by atoms with Gasteiger partial charge in [-0.25, -0.2) is 4.98 Å². The number of thioether (sulfide) groups is 1. The van der Waals surface area contributed by atoms with Gasteiger partial charge in [0.25, 0.3) is 0 Å². The maximum atomic E-state index is 12.5. The zero-order valence-electron chi connectivity index (χ0n) is 14.5. The van der Waals surface area contributed by atoms with Crippen LogP contribution in [0.4, 0.5) is 0 Å². The molecule has 0 fully saturated rings. The summed E-state index contributed by atoms with van der Waals surface area (Å²) in [5.74, 6) is -0.0449. The van der Waals surface area contributed by atoms with Crippen molar-refractivity contribution >= 4 is 23.5 Å². The fourth-order valence-corrected chi connectivity index (χ4v) is 3.13. The molecule has 0 bridgehead atoms. The minimum Gasteiger partial charge on any atom is -0.508 e. The first-order valence-corrected chi connectivity index (χ1v) is 9.34. The number of aromatic hydroxyl groups is 1. The fraction of sp³-hybridized carbons (Fsp3) is 0.0952. The minimum atomic E-state index is -0.176. The highest BCUT2D eigenvalue weighted by atomic mass is 32.2. The van der Waals surface area contributed by atoms with Crippen LogP contribution < -0.4 is 5.32 Å². The summed E-state index contributed by atoms with van der Waals surface area (Å²) in [6.07, 6.45) is 1.67. The number of rotatable bonds is 7. The van der Waals surface area contributed by atoms with E-state index >= 15 is 0 Å². The van der Waals surface area contributed by atoms with Crippen LogP contribution in [0.25, 0.3) is 0 Å². The van der Waals surface area contributed by atoms with Gasteiger partial charge in [0.2, 0.25) is 5.91 Å². The Labute approximate surface area is 161 Å². The van der Waals surface area contributed by atoms with Crippen LogP contribution in [0.3, 0.4) is 0 Å². The van der Waals surface area contributed by atoms with Crippen molar-refractivity contribution in [2.75, 3.05) is 5.75 Å². The van der Waals surface area contributed by atoms with E-state index in [1.807, 2.05) is 24.3 Å². The van der Waals surface area contributed by atoms with Crippen LogP contribution in [-0.4, -0.2) is 27.5 Å². The smallest absolute Gasteiger partial charge is 0.230 e. The lowest BCUT2D eigenvalue weighted by Crippen LogP contribution is -2.24. The number of phenols is 1. The number of phenolic OH excluding ortho intramolecular Hbond substituents is 1. The second-order valence-corrected chi connectivity index (χ2v) is 6.77. The number of carbonyl (C=O) groups is 2. The number of pyridine rings is 1. The Kier molecular flexibility index (Phi) is 6.22. The number of hydrogen-bond donors (Lipinski definition) is 2. The molecule has 0 spiro atoms. The van der Waals surface area contributed by atoms with E-state index in [2.05, 4.69) is 10.3 Å². The van der Waals surface area contributed by atoms with Gasteiger partial charge in [0.05, 0.1) is 10.8 Å². The Hall–Kier alpha value is -3.12. The topological polar surface area (TPSA) is 79.3 Å². The predicted molar refractivity (Wildman–Crippen MR) is 105 cm³/mol. The van der Waals surface area contributed by atoms with Crippen molar-refractivity contribution in [3.05, 3.63) is 89.6 Å². The van der Waals surface area contributed by atoms with Gasteiger partial charge in [0.15, 0.2) is 5.78 Å². The van der Waals surface area contributed by atoms with Crippen LogP contribution in [0.1, 0.15) is 21.5 Å². The van der Waals surface area contributed by atoms with E-state index in [0.717, 1.165) is 5.03 Å². The van der Waals surface area contributed by atoms with Gasteiger partial charge in [0.1, 0.15) is 5.75 Å². The molecule has 0 saturated heterocycles. The van der Waals surface area contributed by atoms with Gasteiger partial charge in [0, 0.05) is 29.4 Å². The molecule has 0 aliphatic rings. The van der Waals surface area contributed by atoms with Gasteiger partial charge < -0.3 is 10.4 Å². The van der Waals surface area contributed by atoms with Crippen molar-refractivity contribution in [2.45, 2.75) is 11.6 Å². The summed E-state index contributed by atoms with van der Waals surface area (Å²) in [5, 5.41) is 13.6. The quantitative estimate of drug-likeness (QED) is 0.486. The number of benzene rings is 2. The summed E-state index contributed by atoms with van der Waals surface area (Å²) in [6, 6.07) is 19.1. The van der Waals surface area contributed by atoms with Crippen LogP contribution in [0.5, 0.6) is 5.75 Å². The van der Waals surface area contributed by atoms with E-state index in [0.29, 0.717) is 16.7 Å². The molecule has 3 aromatic rings. The molecule has 6 heteroatoms. The Morgan fingerprint density at radius 1 is 0.963 bits per heavy atom. The van der Waals surface area contributed by atoms with Crippen molar-refractivity contribution < 1.29 is 14.7 Å². The van der Waals surface area contributed by atoms with Gasteiger partial charge in [-0.15, -0.1) is 0 Å². The van der Waals surface area contributed by atoms with E-state index in [9.17, 15) is 14.7 Å². The van der Waals surface area contributed by atoms with Gasteiger partial charge in [-0.3, -0.25) is 9.59 Å². The Morgan fingerprint density at radius 2 is 1.74 bits per heavy atom. The third-order valence-corrected chi connectivity index (χ3v) is 4.79. The van der Waals surface area contributed by atoms with Crippen LogP contribution in [-0.2, 0) is 11.3 Å². The molecule has 1 amide bonds. The number of aromatic nitrogens is 1. The lowest BCUT2D eigenvalue weighted by atomic mass is 10.0. The highest BCUT2D eigenvalue weighted by molar-refractivity contribution is 7.99. The zero-order valence-corrected chi connectivity index (χ0v) is 15.3. The highest BCUT2D eigenvalue weighted by Gasteiger charge is 2.12. The molecule has 136 valence electrons. The van der Waals surface area contributed by atoms with Crippen LogP contribution in [0, 0.1) is 0 Å². The third-order valence-electron chi connectivity index (χ3n) is 3.84. The Balaban J connectivity index is 1.61. The number of amides is 1. The monoisotopic (exact) mass is 378 g/mol. The molecule has 0 aliphatic carbocycles. The first kappa shape index (κ1) is 18.7. The molecule has 0 aliphatic heterocycles. The van der Waals surface area contributed by atoms with Crippen molar-refractivity contribution in [1.82, 2.24) is 10.3 Å². The maximum absolute atomic E-state index is 12.5. The standard InChI is InChI=1S/C21H18N2O3S/c24-18-10-9-16(21(26)15-6-2-1-3-7-15)12-17(18)13-23-19(25)14-27-20-8-4-5-11-22-20/h1-12,24H,13-14H2,(H,23,25). The molecule has 1 aromatic heterocycles. The molecule has 0 atom stereocenters. The second-order valence-electron chi connectivity index (χ2n) is 5.77. The van der Waals surface area contributed by atoms with Crippen LogP contribution in [0.15, 0.2) is 78.0 Å². The lowest BCUT2D eigenvalue weighted by molar-refractivity contribution is -0.118. The number of nitrogens with zero attached hydrogens (tertiary/aromatic N) is 1. The molecule has 1 heterocycles. The molecule has 0 radical (unpaired) electrons. The summed E-state index contributed by atoms with van der Waals surface area (Å²) in [4.78, 5) is 28.7. The van der Waals surface area contributed by atoms with E-state index < -0.39 is 0 Å². The second kappa shape index (κ2) is 9.00. The fourth-order valence-electron chi connectivity index (χ4n) is 2.44. The normalized spacial score (nSPS) is 10.4. The highest BCUT2D eigenvalue weighted by Crippen LogP contribution is 2.21. The summed E-state index contributed by atoms with van der Waals surface area (Å²) < 4.78 is 0. The molecule has 2 N–H and O–H groups in total. The van der Waals surface area contributed by atoms with Crippen molar-refractivity contribution in [3.63, 3.8) is 0 Å². The summed E-state index contributed by atoms with van der Waals surface area (Å²) in [7, 11) is 0. The van der Waals surface area contributed by atoms with E-state index in [1.165, 1.54) is 17.8 Å². The maximum Gasteiger partial charge on any atom is 0.230 e. The minimum absolute atomic E-state index is 0.0392. The Bertz CT molecular complexity index is 931. The average Bonchev–Trinajstić information content (AvgIpc) is 2.72. The van der Waals surface area contributed by atoms with Crippen molar-refractivity contribution in [2.24, 2.45) is 0 Å². The van der Waals surface area contributed by atoms with Gasteiger partial charge in [-0.1, -0.05) is 48.2 Å². The van der Waals surface area contributed by atoms with Crippen molar-refractivity contribution in [3.8, 4) is 5.75 Å². The summed E-state index contributed by atoms with van der Waals surface area (Å²) >= 11 is 1.33. The van der Waals surface area contributed by atoms with E-state index in [4.69, 9.17) is 0 Å². The first-order valence-electron chi connectivity index (χ1n) is 8.35. The van der Waals surface area contributed by atoms with E-state index in [1.54, 1.807) is 42.6 Å². The molecular formula is C21H18N2O3S. The molecule has 3 rings (SSSR count). The number of carbonyl (C=O) groups excluding carboxylic acids is 2. The molecule has 2 aromatic carbocycles. The van der Waals surface area contributed by atoms with Gasteiger partial charge in [-0.05, 0) is 30.3 Å². The zero-order chi connectivity index (χ0) is 19.1. The van der Waals surface area contributed by atoms with Crippen molar-refractivity contribution in [1.29, 1.82) is 0 Å². The van der Waals surface area contributed by atoms with Gasteiger partial charge in [-0.2, -0.15) is 0 Å². The van der Waals surface area contributed by atoms with E-state index in [-0.39, 0.29) is 29.7 Å². The van der Waals surface area contributed by atoms with Crippen LogP contribution >= 0.6 is 11.8 Å². The van der Waals surface area contributed by atoms with Gasteiger partial charge >= 0.3 is 0 Å². The lowest BCUT2D eigenvalue weighted by Gasteiger charge is -2.09. The summed E-state index contributed by atoms with van der Waals surface area (Å²) in [5.41, 5.74) is 1.53. The number of ketones is 1. The average molecular weight is 378 g/mol. The van der Waals surface area contributed by atoms with Crippen LogP contribution in [0.2, 0.25) is 0 Å². The number of hydrogen-bond acceptors (Lipinski definition) is 5. The number of nitrogens with one attached hydrogen (secondary N) is 1. The Morgan fingerprint density at radius 3 is 2.48 bits per heavy atom. The first-order chi connectivity index (χ1) is 13.1.